The third-order valence-electron chi connectivity index (χ3n) is 4.76. The van der Waals surface area contributed by atoms with Gasteiger partial charge in [0.2, 0.25) is 5.91 Å². The van der Waals surface area contributed by atoms with Gasteiger partial charge in [-0.1, -0.05) is 11.6 Å². The van der Waals surface area contributed by atoms with Crippen LogP contribution in [0.25, 0.3) is 0 Å². The van der Waals surface area contributed by atoms with Crippen LogP contribution in [0.3, 0.4) is 0 Å². The first-order valence-electron chi connectivity index (χ1n) is 9.05. The fourth-order valence-corrected chi connectivity index (χ4v) is 3.25. The lowest BCUT2D eigenvalue weighted by Gasteiger charge is -2.25. The fraction of sp³-hybridized carbons (Fsp3) is 0.263. The average Bonchev–Trinajstić information content (AvgIpc) is 3.15. The summed E-state index contributed by atoms with van der Waals surface area (Å²) in [4.78, 5) is 30.0. The van der Waals surface area contributed by atoms with Gasteiger partial charge in [-0.05, 0) is 24.3 Å². The van der Waals surface area contributed by atoms with E-state index < -0.39 is 82.2 Å². The first kappa shape index (κ1) is 25.5. The molecule has 0 atom stereocenters. The van der Waals surface area contributed by atoms with E-state index in [1.165, 1.54) is 0 Å². The molecule has 0 radical (unpaired) electrons. The zero-order chi connectivity index (χ0) is 25.6. The third-order valence-corrected chi connectivity index (χ3v) is 5.10. The number of halogens is 9. The van der Waals surface area contributed by atoms with E-state index in [0.29, 0.717) is 11.0 Å². The van der Waals surface area contributed by atoms with Crippen molar-refractivity contribution in [1.82, 2.24) is 5.32 Å². The highest BCUT2D eigenvalue weighted by Gasteiger charge is 2.42. The van der Waals surface area contributed by atoms with Crippen LogP contribution >= 0.6 is 11.6 Å². The molecule has 184 valence electrons. The molecule has 1 aliphatic rings. The Hall–Kier alpha value is -3.13. The van der Waals surface area contributed by atoms with Gasteiger partial charge in [-0.15, -0.1) is 0 Å². The van der Waals surface area contributed by atoms with E-state index in [-0.39, 0.29) is 17.2 Å². The Morgan fingerprint density at radius 3 is 2.32 bits per heavy atom. The molecule has 1 saturated heterocycles. The second-order valence-electron chi connectivity index (χ2n) is 6.89. The van der Waals surface area contributed by atoms with Crippen LogP contribution in [0, 0.1) is 11.6 Å². The summed E-state index contributed by atoms with van der Waals surface area (Å²) >= 11 is 5.45. The summed E-state index contributed by atoms with van der Waals surface area (Å²) < 4.78 is 109. The molecule has 6 nitrogen and oxygen atoms in total. The van der Waals surface area contributed by atoms with E-state index in [0.717, 1.165) is 13.1 Å². The Bertz CT molecular complexity index is 1150. The van der Waals surface area contributed by atoms with Crippen molar-refractivity contribution < 1.29 is 49.5 Å². The van der Waals surface area contributed by atoms with Crippen molar-refractivity contribution in [3.8, 4) is 0 Å². The van der Waals surface area contributed by atoms with E-state index in [9.17, 15) is 44.7 Å². The molecular formula is C19H12ClF8N3O3. The van der Waals surface area contributed by atoms with Gasteiger partial charge in [0.1, 0.15) is 17.6 Å². The molecule has 3 rings (SSSR count). The maximum absolute atomic E-state index is 14.3. The van der Waals surface area contributed by atoms with Crippen molar-refractivity contribution in [2.45, 2.75) is 18.8 Å². The number of carbonyl (C=O) groups is 2. The van der Waals surface area contributed by atoms with Crippen molar-refractivity contribution in [2.75, 3.05) is 23.7 Å². The molecule has 34 heavy (non-hydrogen) atoms. The Kier molecular flexibility index (Phi) is 6.68. The smallest absolute Gasteiger partial charge is 0.312 e. The lowest BCUT2D eigenvalue weighted by Crippen LogP contribution is -2.33. The van der Waals surface area contributed by atoms with Gasteiger partial charge in [0, 0.05) is 12.6 Å². The van der Waals surface area contributed by atoms with Crippen LogP contribution in [0.1, 0.15) is 16.7 Å². The molecule has 1 fully saturated rings. The number of amides is 3. The van der Waals surface area contributed by atoms with Gasteiger partial charge < -0.3 is 10.2 Å². The second kappa shape index (κ2) is 8.91. The van der Waals surface area contributed by atoms with Crippen molar-refractivity contribution in [1.29, 1.82) is 0 Å². The van der Waals surface area contributed by atoms with Crippen molar-refractivity contribution in [3.63, 3.8) is 0 Å². The summed E-state index contributed by atoms with van der Waals surface area (Å²) in [6.07, 6.45) is -11.9. The Labute approximate surface area is 190 Å². The molecule has 0 aromatic heterocycles. The Morgan fingerprint density at radius 1 is 1.15 bits per heavy atom. The van der Waals surface area contributed by atoms with Crippen molar-refractivity contribution in [2.24, 2.45) is 0 Å². The lowest BCUT2D eigenvalue weighted by atomic mass is 9.97. The number of hydrogen-bond donors (Lipinski definition) is 1. The van der Waals surface area contributed by atoms with Gasteiger partial charge in [0.05, 0.1) is 28.9 Å². The fourth-order valence-electron chi connectivity index (χ4n) is 3.09. The van der Waals surface area contributed by atoms with Crippen molar-refractivity contribution in [3.05, 3.63) is 57.6 Å². The van der Waals surface area contributed by atoms with Gasteiger partial charge in [0.15, 0.2) is 5.82 Å². The molecule has 0 aliphatic carbocycles. The number of hydrogen-bond acceptors (Lipinski definition) is 3. The molecule has 1 N–H and O–H groups in total. The largest absolute Gasteiger partial charge is 0.416 e. The van der Waals surface area contributed by atoms with E-state index in [2.05, 4.69) is 0 Å². The van der Waals surface area contributed by atoms with Gasteiger partial charge in [-0.3, -0.25) is 4.79 Å². The number of urea groups is 1. The number of hydroxylamine groups is 1. The minimum Gasteiger partial charge on any atom is -0.312 e. The van der Waals surface area contributed by atoms with Gasteiger partial charge in [0.25, 0.3) is 0 Å². The monoisotopic (exact) mass is 517 g/mol. The predicted octanol–water partition coefficient (Wildman–Crippen LogP) is 5.28. The molecule has 3 amide bonds. The summed E-state index contributed by atoms with van der Waals surface area (Å²) in [7, 11) is 0.936. The molecule has 0 saturated carbocycles. The van der Waals surface area contributed by atoms with E-state index >= 15 is 0 Å². The van der Waals surface area contributed by atoms with Gasteiger partial charge >= 0.3 is 18.4 Å². The van der Waals surface area contributed by atoms with Crippen LogP contribution in [0.5, 0.6) is 0 Å². The Morgan fingerprint density at radius 2 is 1.79 bits per heavy atom. The van der Waals surface area contributed by atoms with Crippen LogP contribution < -0.4 is 15.3 Å². The normalized spacial score (nSPS) is 14.4. The molecule has 1 heterocycles. The summed E-state index contributed by atoms with van der Waals surface area (Å²) in [5.74, 6) is -3.79. The lowest BCUT2D eigenvalue weighted by molar-refractivity contribution is -0.143. The van der Waals surface area contributed by atoms with E-state index in [1.807, 2.05) is 5.32 Å². The van der Waals surface area contributed by atoms with E-state index in [4.69, 9.17) is 16.4 Å². The standard InChI is InChI=1S/C19H12ClF8N3O3/c1-30(12-3-2-11(21)15(20)16(12)22)14(32)6-9-10(19(26,27)28)4-8(18(23,24)25)5-13(9)31-17(33)29-7-34-31/h2-5H,6-7H2,1H3,(H,29,33). The minimum absolute atomic E-state index is 0.155. The van der Waals surface area contributed by atoms with Crippen LogP contribution in [-0.4, -0.2) is 25.7 Å². The second-order valence-corrected chi connectivity index (χ2v) is 7.27. The molecule has 15 heteroatoms. The number of nitrogens with one attached hydrogen (secondary N) is 1. The molecular weight excluding hydrogens is 506 g/mol. The van der Waals surface area contributed by atoms with Crippen LogP contribution in [0.2, 0.25) is 5.02 Å². The summed E-state index contributed by atoms with van der Waals surface area (Å²) in [6, 6.07) is 0.334. The summed E-state index contributed by atoms with van der Waals surface area (Å²) in [5.41, 5.74) is -6.24. The van der Waals surface area contributed by atoms with E-state index in [1.54, 1.807) is 0 Å². The number of rotatable bonds is 4. The quantitative estimate of drug-likeness (QED) is 0.443. The molecule has 1 aliphatic heterocycles. The highest BCUT2D eigenvalue weighted by Crippen LogP contribution is 2.42. The first-order chi connectivity index (χ1) is 15.6. The number of likely N-dealkylation sites (N-methyl/N-ethyl adjacent to an activating group) is 1. The topological polar surface area (TPSA) is 61.9 Å². The number of benzene rings is 2. The maximum atomic E-state index is 14.3. The zero-order valence-electron chi connectivity index (χ0n) is 16.7. The highest BCUT2D eigenvalue weighted by atomic mass is 35.5. The third kappa shape index (κ3) is 4.87. The molecule has 2 aromatic carbocycles. The van der Waals surface area contributed by atoms with Gasteiger partial charge in [-0.25, -0.2) is 18.4 Å². The summed E-state index contributed by atoms with van der Waals surface area (Å²) in [6.45, 7) is -0.553. The highest BCUT2D eigenvalue weighted by molar-refractivity contribution is 6.31. The Balaban J connectivity index is 2.15. The molecule has 0 spiro atoms. The molecule has 0 bridgehead atoms. The van der Waals surface area contributed by atoms with Crippen LogP contribution in [0.4, 0.5) is 51.3 Å². The number of nitrogens with zero attached hydrogens (tertiary/aromatic N) is 2. The van der Waals surface area contributed by atoms with Crippen molar-refractivity contribution >= 4 is 34.9 Å². The predicted molar refractivity (Wildman–Crippen MR) is 102 cm³/mol. The first-order valence-corrected chi connectivity index (χ1v) is 9.43. The maximum Gasteiger partial charge on any atom is 0.416 e. The molecule has 0 unspecified atom stereocenters. The van der Waals surface area contributed by atoms with Crippen LogP contribution in [0.15, 0.2) is 24.3 Å². The zero-order valence-corrected chi connectivity index (χ0v) is 17.5. The number of anilines is 2. The number of carbonyl (C=O) groups excluding carboxylic acids is 2. The molecule has 2 aromatic rings. The average molecular weight is 518 g/mol. The van der Waals surface area contributed by atoms with Crippen LogP contribution in [-0.2, 0) is 28.4 Å². The van der Waals surface area contributed by atoms with Gasteiger partial charge in [-0.2, -0.15) is 31.4 Å². The summed E-state index contributed by atoms with van der Waals surface area (Å²) in [5, 5.41) is 1.21. The number of alkyl halides is 6. The SMILES string of the molecule is CN(C(=O)Cc1c(N2OCNC2=O)cc(C(F)(F)F)cc1C(F)(F)F)c1ccc(F)c(Cl)c1F. The minimum atomic E-state index is -5.38.